The van der Waals surface area contributed by atoms with E-state index < -0.39 is 0 Å². The van der Waals surface area contributed by atoms with Crippen molar-refractivity contribution in [3.05, 3.63) is 0 Å². The monoisotopic (exact) mass is 170 g/mol. The molecule has 0 atom stereocenters. The van der Waals surface area contributed by atoms with E-state index in [1.54, 1.807) is 0 Å². The fourth-order valence-corrected chi connectivity index (χ4v) is 2.39. The lowest BCUT2D eigenvalue weighted by Gasteiger charge is -2.14. The zero-order valence-corrected chi connectivity index (χ0v) is 9.89. The van der Waals surface area contributed by atoms with Gasteiger partial charge in [-0.15, -0.1) is 0 Å². The van der Waals surface area contributed by atoms with E-state index in [-0.39, 0.29) is 0 Å². The van der Waals surface area contributed by atoms with Gasteiger partial charge in [-0.05, 0) is 29.6 Å². The molecule has 0 amide bonds. The predicted molar refractivity (Wildman–Crippen MR) is 57.2 cm³/mol. The van der Waals surface area contributed by atoms with Gasteiger partial charge in [0.1, 0.15) is 0 Å². The molecular formula is C12H26. The van der Waals surface area contributed by atoms with Crippen molar-refractivity contribution in [3.63, 3.8) is 0 Å². The van der Waals surface area contributed by atoms with E-state index in [1.165, 1.54) is 0 Å². The van der Waals surface area contributed by atoms with Crippen molar-refractivity contribution < 1.29 is 0 Å². The van der Waals surface area contributed by atoms with Crippen LogP contribution in [0, 0.1) is 29.6 Å². The average molecular weight is 170 g/mol. The smallest absolute Gasteiger partial charge is 0.0386 e. The highest BCUT2D eigenvalue weighted by Crippen LogP contribution is 2.44. The molecule has 0 aromatic carbocycles. The molecule has 1 rings (SSSR count). The summed E-state index contributed by atoms with van der Waals surface area (Å²) < 4.78 is 0. The summed E-state index contributed by atoms with van der Waals surface area (Å²) in [7, 11) is 0. The van der Waals surface area contributed by atoms with Gasteiger partial charge in [-0.1, -0.05) is 48.5 Å². The van der Waals surface area contributed by atoms with Gasteiger partial charge in [-0.25, -0.2) is 0 Å². The van der Waals surface area contributed by atoms with E-state index in [1.807, 2.05) is 13.8 Å². The Morgan fingerprint density at radius 2 is 0.500 bits per heavy atom. The predicted octanol–water partition coefficient (Wildman–Crippen LogP) is 4.21. The van der Waals surface area contributed by atoms with Gasteiger partial charge in [-0.2, -0.15) is 0 Å². The molecule has 1 aliphatic rings. The molecule has 0 nitrogen and oxygen atoms in total. The maximum Gasteiger partial charge on any atom is -0.0386 e. The summed E-state index contributed by atoms with van der Waals surface area (Å²) in [6, 6.07) is 0. The van der Waals surface area contributed by atoms with Crippen molar-refractivity contribution in [1.29, 1.82) is 0 Å². The number of hydrogen-bond donors (Lipinski definition) is 0. The summed E-state index contributed by atoms with van der Waals surface area (Å²) in [5.74, 6) is 4.68. The number of hydrogen-bond acceptors (Lipinski definition) is 0. The van der Waals surface area contributed by atoms with Crippen molar-refractivity contribution in [1.82, 2.24) is 0 Å². The normalized spacial score (nSPS) is 46.8. The van der Waals surface area contributed by atoms with Crippen molar-refractivity contribution in [2.45, 2.75) is 48.5 Å². The third-order valence-corrected chi connectivity index (χ3v) is 4.15. The Hall–Kier alpha value is 0. The van der Waals surface area contributed by atoms with E-state index in [2.05, 4.69) is 34.6 Å². The summed E-state index contributed by atoms with van der Waals surface area (Å²) in [5.41, 5.74) is 0. The van der Waals surface area contributed by atoms with Crippen molar-refractivity contribution in [3.8, 4) is 0 Å². The Balaban J connectivity index is 0.000000561. The molecular weight excluding hydrogens is 144 g/mol. The highest BCUT2D eigenvalue weighted by Gasteiger charge is 2.38. The SMILES string of the molecule is CC.CC1C(C)C(C)C(C)C1C. The van der Waals surface area contributed by atoms with E-state index in [0.29, 0.717) is 0 Å². The largest absolute Gasteiger partial charge is 0.0683 e. The van der Waals surface area contributed by atoms with Gasteiger partial charge >= 0.3 is 0 Å². The Kier molecular flexibility index (Phi) is 4.89. The Labute approximate surface area is 78.8 Å². The summed E-state index contributed by atoms with van der Waals surface area (Å²) >= 11 is 0. The Bertz CT molecular complexity index is 72.4. The topological polar surface area (TPSA) is 0 Å². The average Bonchev–Trinajstić information content (AvgIpc) is 2.27. The summed E-state index contributed by atoms with van der Waals surface area (Å²) in [4.78, 5) is 0. The summed E-state index contributed by atoms with van der Waals surface area (Å²) in [5, 5.41) is 0. The van der Waals surface area contributed by atoms with Crippen LogP contribution in [-0.2, 0) is 0 Å². The van der Waals surface area contributed by atoms with Crippen molar-refractivity contribution in [2.75, 3.05) is 0 Å². The molecule has 0 radical (unpaired) electrons. The quantitative estimate of drug-likeness (QED) is 0.511. The molecule has 12 heavy (non-hydrogen) atoms. The van der Waals surface area contributed by atoms with Crippen LogP contribution >= 0.6 is 0 Å². The minimum Gasteiger partial charge on any atom is -0.0683 e. The molecule has 0 saturated heterocycles. The van der Waals surface area contributed by atoms with Gasteiger partial charge in [-0.3, -0.25) is 0 Å². The highest BCUT2D eigenvalue weighted by atomic mass is 14.4. The molecule has 1 saturated carbocycles. The van der Waals surface area contributed by atoms with Crippen LogP contribution in [0.15, 0.2) is 0 Å². The van der Waals surface area contributed by atoms with Crippen LogP contribution in [0.25, 0.3) is 0 Å². The maximum absolute atomic E-state index is 2.40. The van der Waals surface area contributed by atoms with Gasteiger partial charge in [0.2, 0.25) is 0 Å². The molecule has 0 aliphatic heterocycles. The number of rotatable bonds is 0. The van der Waals surface area contributed by atoms with Gasteiger partial charge in [0.15, 0.2) is 0 Å². The first-order chi connectivity index (χ1) is 5.55. The molecule has 0 aromatic heterocycles. The molecule has 0 unspecified atom stereocenters. The van der Waals surface area contributed by atoms with E-state index in [0.717, 1.165) is 29.6 Å². The van der Waals surface area contributed by atoms with Gasteiger partial charge in [0, 0.05) is 0 Å². The Morgan fingerprint density at radius 3 is 0.583 bits per heavy atom. The van der Waals surface area contributed by atoms with Crippen molar-refractivity contribution >= 4 is 0 Å². The summed E-state index contributed by atoms with van der Waals surface area (Å²) in [6.07, 6.45) is 0. The molecule has 0 spiro atoms. The molecule has 74 valence electrons. The second-order valence-corrected chi connectivity index (χ2v) is 4.30. The van der Waals surface area contributed by atoms with Crippen molar-refractivity contribution in [2.24, 2.45) is 29.6 Å². The first-order valence-corrected chi connectivity index (χ1v) is 5.55. The highest BCUT2D eigenvalue weighted by molar-refractivity contribution is 4.86. The van der Waals surface area contributed by atoms with Crippen LogP contribution in [0.4, 0.5) is 0 Å². The lowest BCUT2D eigenvalue weighted by atomic mass is 9.92. The fraction of sp³-hybridized carbons (Fsp3) is 1.00. The molecule has 0 heteroatoms. The van der Waals surface area contributed by atoms with E-state index in [9.17, 15) is 0 Å². The Morgan fingerprint density at radius 1 is 0.417 bits per heavy atom. The van der Waals surface area contributed by atoms with E-state index >= 15 is 0 Å². The second-order valence-electron chi connectivity index (χ2n) is 4.30. The minimum absolute atomic E-state index is 0.935. The zero-order chi connectivity index (χ0) is 9.89. The summed E-state index contributed by atoms with van der Waals surface area (Å²) in [6.45, 7) is 16.0. The molecule has 0 N–H and O–H groups in total. The van der Waals surface area contributed by atoms with Crippen LogP contribution in [0.3, 0.4) is 0 Å². The van der Waals surface area contributed by atoms with Crippen LogP contribution in [0.2, 0.25) is 0 Å². The second kappa shape index (κ2) is 4.89. The van der Waals surface area contributed by atoms with Crippen LogP contribution in [0.5, 0.6) is 0 Å². The first kappa shape index (κ1) is 12.0. The molecule has 0 aromatic rings. The van der Waals surface area contributed by atoms with Gasteiger partial charge < -0.3 is 0 Å². The minimum atomic E-state index is 0.935. The third-order valence-electron chi connectivity index (χ3n) is 4.15. The molecule has 1 aliphatic carbocycles. The third kappa shape index (κ3) is 2.02. The maximum atomic E-state index is 2.40. The molecule has 1 fully saturated rings. The van der Waals surface area contributed by atoms with Gasteiger partial charge in [0.05, 0.1) is 0 Å². The lowest BCUT2D eigenvalue weighted by Crippen LogP contribution is -2.07. The van der Waals surface area contributed by atoms with Crippen LogP contribution in [-0.4, -0.2) is 0 Å². The molecule has 0 heterocycles. The zero-order valence-electron chi connectivity index (χ0n) is 9.89. The molecule has 0 bridgehead atoms. The fourth-order valence-electron chi connectivity index (χ4n) is 2.39. The first-order valence-electron chi connectivity index (χ1n) is 5.55. The lowest BCUT2D eigenvalue weighted by molar-refractivity contribution is 0.352. The van der Waals surface area contributed by atoms with Crippen LogP contribution < -0.4 is 0 Å². The van der Waals surface area contributed by atoms with Gasteiger partial charge in [0.25, 0.3) is 0 Å². The van der Waals surface area contributed by atoms with Crippen LogP contribution in [0.1, 0.15) is 48.5 Å². The standard InChI is InChI=1S/C10H20.C2H6/c1-6-7(2)9(4)10(5)8(6)3;1-2/h6-10H,1-5H3;1-2H3. The van der Waals surface area contributed by atoms with E-state index in [4.69, 9.17) is 0 Å².